The summed E-state index contributed by atoms with van der Waals surface area (Å²) in [5, 5.41) is 8.59. The van der Waals surface area contributed by atoms with Gasteiger partial charge in [0.15, 0.2) is 0 Å². The second-order valence-electron chi connectivity index (χ2n) is 3.74. The number of rotatable bonds is 6. The summed E-state index contributed by atoms with van der Waals surface area (Å²) in [7, 11) is 0. The van der Waals surface area contributed by atoms with E-state index in [4.69, 9.17) is 5.11 Å². The normalized spacial score (nSPS) is 11.5. The molecule has 0 saturated carbocycles. The highest BCUT2D eigenvalue weighted by atomic mass is 16.2. The fourth-order valence-electron chi connectivity index (χ4n) is 1.13. The van der Waals surface area contributed by atoms with Crippen LogP contribution in [0, 0.1) is 0 Å². The van der Waals surface area contributed by atoms with Crippen molar-refractivity contribution in [2.75, 3.05) is 6.61 Å². The molecule has 0 aliphatic rings. The molecule has 1 nitrogen and oxygen atoms in total. The quantitative estimate of drug-likeness (QED) is 0.492. The maximum atomic E-state index is 8.59. The molecule has 0 unspecified atom stereocenters. The monoisotopic (exact) mass is 182 g/mol. The molecule has 13 heavy (non-hydrogen) atoms. The first kappa shape index (κ1) is 12.4. The van der Waals surface area contributed by atoms with Crippen LogP contribution in [0.1, 0.15) is 46.5 Å². The van der Waals surface area contributed by atoms with Gasteiger partial charge in [0, 0.05) is 6.61 Å². The lowest BCUT2D eigenvalue weighted by molar-refractivity contribution is 0.289. The molecule has 0 amide bonds. The summed E-state index contributed by atoms with van der Waals surface area (Å²) in [5.74, 6) is 0. The Bertz CT molecular complexity index is 174. The van der Waals surface area contributed by atoms with Crippen molar-refractivity contribution in [3.8, 4) is 0 Å². The zero-order chi connectivity index (χ0) is 10.1. The van der Waals surface area contributed by atoms with E-state index in [1.54, 1.807) is 0 Å². The van der Waals surface area contributed by atoms with E-state index < -0.39 is 0 Å². The van der Waals surface area contributed by atoms with E-state index in [1.165, 1.54) is 11.1 Å². The summed E-state index contributed by atoms with van der Waals surface area (Å²) in [4.78, 5) is 0. The molecule has 0 rings (SSSR count). The van der Waals surface area contributed by atoms with E-state index in [1.807, 2.05) is 0 Å². The highest BCUT2D eigenvalue weighted by Crippen LogP contribution is 2.08. The van der Waals surface area contributed by atoms with Crippen LogP contribution in [0.5, 0.6) is 0 Å². The van der Waals surface area contributed by atoms with Gasteiger partial charge >= 0.3 is 0 Å². The third kappa shape index (κ3) is 9.35. The summed E-state index contributed by atoms with van der Waals surface area (Å²) in [6.45, 7) is 6.73. The molecule has 0 fully saturated rings. The number of aliphatic hydroxyl groups excluding tert-OH is 1. The highest BCUT2D eigenvalue weighted by Gasteiger charge is 1.88. The maximum absolute atomic E-state index is 8.59. The summed E-state index contributed by atoms with van der Waals surface area (Å²) >= 11 is 0. The number of unbranched alkanes of at least 4 members (excludes halogenated alkanes) is 1. The zero-order valence-electron chi connectivity index (χ0n) is 9.14. The van der Waals surface area contributed by atoms with Crippen LogP contribution in [-0.4, -0.2) is 11.7 Å². The van der Waals surface area contributed by atoms with E-state index in [9.17, 15) is 0 Å². The van der Waals surface area contributed by atoms with E-state index in [2.05, 4.69) is 32.9 Å². The van der Waals surface area contributed by atoms with Crippen LogP contribution < -0.4 is 0 Å². The molecule has 0 bridgehead atoms. The molecule has 0 spiro atoms. The van der Waals surface area contributed by atoms with Crippen molar-refractivity contribution in [1.82, 2.24) is 0 Å². The van der Waals surface area contributed by atoms with E-state index >= 15 is 0 Å². The fourth-order valence-corrected chi connectivity index (χ4v) is 1.13. The SMILES string of the molecule is CC(C)=CCCC(C)=CCCCO. The Kier molecular flexibility index (Phi) is 7.71. The molecule has 0 aromatic heterocycles. The molecule has 0 aromatic carbocycles. The van der Waals surface area contributed by atoms with Crippen LogP contribution in [0.2, 0.25) is 0 Å². The van der Waals surface area contributed by atoms with Gasteiger partial charge in [0.05, 0.1) is 0 Å². The largest absolute Gasteiger partial charge is 0.396 e. The van der Waals surface area contributed by atoms with Crippen LogP contribution >= 0.6 is 0 Å². The van der Waals surface area contributed by atoms with Crippen molar-refractivity contribution in [2.45, 2.75) is 46.5 Å². The second-order valence-corrected chi connectivity index (χ2v) is 3.74. The third-order valence-corrected chi connectivity index (χ3v) is 1.95. The molecule has 0 aliphatic heterocycles. The number of hydrogen-bond donors (Lipinski definition) is 1. The Labute approximate surface area is 82.2 Å². The first-order valence-corrected chi connectivity index (χ1v) is 5.06. The molecule has 0 heterocycles. The van der Waals surface area contributed by atoms with E-state index in [0.717, 1.165) is 25.7 Å². The van der Waals surface area contributed by atoms with Gasteiger partial charge in [-0.15, -0.1) is 0 Å². The first-order chi connectivity index (χ1) is 6.16. The van der Waals surface area contributed by atoms with Crippen molar-refractivity contribution in [3.05, 3.63) is 23.3 Å². The lowest BCUT2D eigenvalue weighted by atomic mass is 10.1. The standard InChI is InChI=1S/C12H22O/c1-11(2)7-6-9-12(3)8-4-5-10-13/h7-8,13H,4-6,9-10H2,1-3H3. The molecule has 0 saturated heterocycles. The van der Waals surface area contributed by atoms with Gasteiger partial charge in [-0.25, -0.2) is 0 Å². The topological polar surface area (TPSA) is 20.2 Å². The van der Waals surface area contributed by atoms with Crippen molar-refractivity contribution in [3.63, 3.8) is 0 Å². The molecule has 1 N–H and O–H groups in total. The fraction of sp³-hybridized carbons (Fsp3) is 0.667. The Balaban J connectivity index is 3.55. The van der Waals surface area contributed by atoms with Gasteiger partial charge in [0.2, 0.25) is 0 Å². The minimum atomic E-state index is 0.303. The van der Waals surface area contributed by atoms with Crippen molar-refractivity contribution < 1.29 is 5.11 Å². The van der Waals surface area contributed by atoms with Gasteiger partial charge in [-0.1, -0.05) is 23.3 Å². The maximum Gasteiger partial charge on any atom is 0.0433 e. The van der Waals surface area contributed by atoms with Gasteiger partial charge in [-0.3, -0.25) is 0 Å². The van der Waals surface area contributed by atoms with Gasteiger partial charge in [0.25, 0.3) is 0 Å². The lowest BCUT2D eigenvalue weighted by Gasteiger charge is -1.98. The predicted molar refractivity (Wildman–Crippen MR) is 58.7 cm³/mol. The summed E-state index contributed by atoms with van der Waals surface area (Å²) < 4.78 is 0. The molecule has 0 radical (unpaired) electrons. The molecule has 76 valence electrons. The molecule has 0 atom stereocenters. The number of aliphatic hydroxyl groups is 1. The highest BCUT2D eigenvalue weighted by molar-refractivity contribution is 5.01. The Morgan fingerprint density at radius 3 is 2.31 bits per heavy atom. The minimum Gasteiger partial charge on any atom is -0.396 e. The van der Waals surface area contributed by atoms with E-state index in [-0.39, 0.29) is 0 Å². The molecule has 0 aliphatic carbocycles. The molecule has 1 heteroatoms. The van der Waals surface area contributed by atoms with Crippen LogP contribution in [0.4, 0.5) is 0 Å². The number of allylic oxidation sites excluding steroid dienone is 4. The van der Waals surface area contributed by atoms with Crippen molar-refractivity contribution in [2.24, 2.45) is 0 Å². The Morgan fingerprint density at radius 2 is 1.77 bits per heavy atom. The van der Waals surface area contributed by atoms with Crippen molar-refractivity contribution >= 4 is 0 Å². The van der Waals surface area contributed by atoms with Crippen molar-refractivity contribution in [1.29, 1.82) is 0 Å². The van der Waals surface area contributed by atoms with E-state index in [0.29, 0.717) is 6.61 Å². The van der Waals surface area contributed by atoms with Crippen LogP contribution in [-0.2, 0) is 0 Å². The molecular formula is C12H22O. The van der Waals surface area contributed by atoms with Gasteiger partial charge < -0.3 is 5.11 Å². The van der Waals surface area contributed by atoms with Crippen LogP contribution in [0.15, 0.2) is 23.3 Å². The summed E-state index contributed by atoms with van der Waals surface area (Å²) in [6, 6.07) is 0. The smallest absolute Gasteiger partial charge is 0.0433 e. The van der Waals surface area contributed by atoms with Crippen LogP contribution in [0.25, 0.3) is 0 Å². The molecular weight excluding hydrogens is 160 g/mol. The second kappa shape index (κ2) is 8.06. The van der Waals surface area contributed by atoms with Crippen LogP contribution in [0.3, 0.4) is 0 Å². The molecule has 0 aromatic rings. The Morgan fingerprint density at radius 1 is 1.08 bits per heavy atom. The average molecular weight is 182 g/mol. The van der Waals surface area contributed by atoms with Gasteiger partial charge in [-0.2, -0.15) is 0 Å². The summed E-state index contributed by atoms with van der Waals surface area (Å²) in [5.41, 5.74) is 2.83. The van der Waals surface area contributed by atoms with Gasteiger partial charge in [0.1, 0.15) is 0 Å². The van der Waals surface area contributed by atoms with Gasteiger partial charge in [-0.05, 0) is 46.5 Å². The Hall–Kier alpha value is -0.560. The lowest BCUT2D eigenvalue weighted by Crippen LogP contribution is -1.82. The summed E-state index contributed by atoms with van der Waals surface area (Å²) in [6.07, 6.45) is 8.69. The third-order valence-electron chi connectivity index (χ3n) is 1.95. The number of hydrogen-bond acceptors (Lipinski definition) is 1. The minimum absolute atomic E-state index is 0.303. The predicted octanol–water partition coefficient (Wildman–Crippen LogP) is 3.45. The first-order valence-electron chi connectivity index (χ1n) is 5.06. The zero-order valence-corrected chi connectivity index (χ0v) is 9.14. The average Bonchev–Trinajstić information content (AvgIpc) is 2.04.